The van der Waals surface area contributed by atoms with Gasteiger partial charge in [-0.3, -0.25) is 4.79 Å². The number of nitrogens with one attached hydrogen (secondary N) is 1. The molecule has 1 amide bonds. The van der Waals surface area contributed by atoms with Gasteiger partial charge in [0.15, 0.2) is 11.5 Å². The van der Waals surface area contributed by atoms with Crippen LogP contribution in [0.1, 0.15) is 23.2 Å². The van der Waals surface area contributed by atoms with Gasteiger partial charge in [0, 0.05) is 6.54 Å². The van der Waals surface area contributed by atoms with Gasteiger partial charge in [0.2, 0.25) is 0 Å². The minimum Gasteiger partial charge on any atom is -0.504 e. The van der Waals surface area contributed by atoms with E-state index in [1.807, 2.05) is 0 Å². The minimum atomic E-state index is -0.426. The zero-order valence-electron chi connectivity index (χ0n) is 9.19. The monoisotopic (exact) mass is 255 g/mol. The number of hydrogen-bond donors (Lipinski definition) is 3. The molecule has 2 rings (SSSR count). The number of rotatable bonds is 4. The summed E-state index contributed by atoms with van der Waals surface area (Å²) in [6.45, 7) is 0.375. The van der Waals surface area contributed by atoms with E-state index < -0.39 is 11.7 Å². The molecule has 1 saturated carbocycles. The average Bonchev–Trinajstić information content (AvgIpc) is 3.13. The molecule has 0 radical (unpaired) electrons. The summed E-state index contributed by atoms with van der Waals surface area (Å²) < 4.78 is 0. The van der Waals surface area contributed by atoms with E-state index in [9.17, 15) is 15.0 Å². The Morgan fingerprint density at radius 1 is 1.47 bits per heavy atom. The van der Waals surface area contributed by atoms with Crippen molar-refractivity contribution in [2.45, 2.75) is 18.2 Å². The Labute approximate surface area is 104 Å². The van der Waals surface area contributed by atoms with Crippen molar-refractivity contribution in [3.8, 4) is 11.5 Å². The maximum absolute atomic E-state index is 11.7. The van der Waals surface area contributed by atoms with Gasteiger partial charge in [-0.1, -0.05) is 6.07 Å². The molecule has 1 aromatic rings. The van der Waals surface area contributed by atoms with Gasteiger partial charge in [-0.15, -0.1) is 11.6 Å². The predicted octanol–water partition coefficient (Wildman–Crippen LogP) is 1.85. The average molecular weight is 256 g/mol. The maximum atomic E-state index is 11.7. The normalized spacial score (nSPS) is 16.5. The van der Waals surface area contributed by atoms with Crippen molar-refractivity contribution in [2.75, 3.05) is 6.54 Å². The van der Waals surface area contributed by atoms with E-state index in [1.165, 1.54) is 18.2 Å². The zero-order chi connectivity index (χ0) is 12.4. The van der Waals surface area contributed by atoms with Gasteiger partial charge in [0.05, 0.1) is 10.9 Å². The third-order valence-corrected chi connectivity index (χ3v) is 3.36. The quantitative estimate of drug-likeness (QED) is 0.568. The highest BCUT2D eigenvalue weighted by molar-refractivity contribution is 6.21. The van der Waals surface area contributed by atoms with Crippen LogP contribution in [0.15, 0.2) is 18.2 Å². The van der Waals surface area contributed by atoms with Gasteiger partial charge in [-0.05, 0) is 30.9 Å². The first-order valence-electron chi connectivity index (χ1n) is 5.53. The number of benzene rings is 1. The number of amides is 1. The summed E-state index contributed by atoms with van der Waals surface area (Å²) in [5.74, 6) is -0.635. The summed E-state index contributed by atoms with van der Waals surface area (Å²) in [4.78, 5) is 11.7. The molecule has 17 heavy (non-hydrogen) atoms. The van der Waals surface area contributed by atoms with Gasteiger partial charge < -0.3 is 15.5 Å². The first-order valence-corrected chi connectivity index (χ1v) is 5.96. The Kier molecular flexibility index (Phi) is 3.43. The fourth-order valence-electron chi connectivity index (χ4n) is 1.62. The van der Waals surface area contributed by atoms with Crippen molar-refractivity contribution < 1.29 is 15.0 Å². The van der Waals surface area contributed by atoms with Crippen LogP contribution < -0.4 is 5.32 Å². The lowest BCUT2D eigenvalue weighted by Gasteiger charge is -2.10. The first-order chi connectivity index (χ1) is 8.09. The second-order valence-corrected chi connectivity index (χ2v) is 4.80. The lowest BCUT2D eigenvalue weighted by Crippen LogP contribution is -2.30. The summed E-state index contributed by atoms with van der Waals surface area (Å²) in [6.07, 6.45) is 2.23. The number of carbonyl (C=O) groups is 1. The molecule has 0 spiro atoms. The topological polar surface area (TPSA) is 69.6 Å². The summed E-state index contributed by atoms with van der Waals surface area (Å²) in [5, 5.41) is 21.4. The Balaban J connectivity index is 1.96. The first kappa shape index (κ1) is 12.0. The molecule has 1 aromatic carbocycles. The third kappa shape index (κ3) is 2.82. The number of carbonyl (C=O) groups excluding carboxylic acids is 1. The van der Waals surface area contributed by atoms with Crippen molar-refractivity contribution in [1.29, 1.82) is 0 Å². The second kappa shape index (κ2) is 4.84. The molecule has 0 bridgehead atoms. The highest BCUT2D eigenvalue weighted by Gasteiger charge is 2.30. The molecule has 4 nitrogen and oxygen atoms in total. The Morgan fingerprint density at radius 3 is 2.82 bits per heavy atom. The summed E-state index contributed by atoms with van der Waals surface area (Å²) in [5.41, 5.74) is 0.0599. The highest BCUT2D eigenvalue weighted by atomic mass is 35.5. The maximum Gasteiger partial charge on any atom is 0.255 e. The minimum absolute atomic E-state index is 0.0570. The second-order valence-electron chi connectivity index (χ2n) is 4.24. The standard InChI is InChI=1S/C12H14ClNO3/c13-9(7-4-5-7)6-14-12(17)8-2-1-3-10(15)11(8)16/h1-3,7,9,15-16H,4-6H2,(H,14,17). The molecule has 1 fully saturated rings. The van der Waals surface area contributed by atoms with E-state index >= 15 is 0 Å². The van der Waals surface area contributed by atoms with Gasteiger partial charge >= 0.3 is 0 Å². The number of alkyl halides is 1. The number of para-hydroxylation sites is 1. The number of phenolic OH excluding ortho intramolecular Hbond substituents is 2. The summed E-state index contributed by atoms with van der Waals surface area (Å²) in [7, 11) is 0. The molecule has 1 aliphatic rings. The number of phenols is 2. The van der Waals surface area contributed by atoms with E-state index in [2.05, 4.69) is 5.32 Å². The van der Waals surface area contributed by atoms with Gasteiger partial charge in [0.1, 0.15) is 0 Å². The highest BCUT2D eigenvalue weighted by Crippen LogP contribution is 2.35. The smallest absolute Gasteiger partial charge is 0.255 e. The molecule has 0 aliphatic heterocycles. The van der Waals surface area contributed by atoms with Crippen molar-refractivity contribution in [3.63, 3.8) is 0 Å². The summed E-state index contributed by atoms with van der Waals surface area (Å²) in [6, 6.07) is 4.27. The van der Waals surface area contributed by atoms with Crippen molar-refractivity contribution >= 4 is 17.5 Å². The molecule has 1 atom stereocenters. The lowest BCUT2D eigenvalue weighted by molar-refractivity contribution is 0.0949. The molecule has 92 valence electrons. The predicted molar refractivity (Wildman–Crippen MR) is 64.5 cm³/mol. The molecule has 5 heteroatoms. The van der Waals surface area contributed by atoms with Crippen molar-refractivity contribution in [3.05, 3.63) is 23.8 Å². The molecule has 0 aromatic heterocycles. The van der Waals surface area contributed by atoms with Crippen LogP contribution in [-0.2, 0) is 0 Å². The van der Waals surface area contributed by atoms with Crippen LogP contribution in [0.25, 0.3) is 0 Å². The summed E-state index contributed by atoms with van der Waals surface area (Å²) >= 11 is 6.05. The molecule has 3 N–H and O–H groups in total. The largest absolute Gasteiger partial charge is 0.504 e. The van der Waals surface area contributed by atoms with Crippen LogP contribution in [0, 0.1) is 5.92 Å². The molecular formula is C12H14ClNO3. The van der Waals surface area contributed by atoms with E-state index in [1.54, 1.807) is 0 Å². The Morgan fingerprint density at radius 2 is 2.18 bits per heavy atom. The van der Waals surface area contributed by atoms with Crippen LogP contribution >= 0.6 is 11.6 Å². The van der Waals surface area contributed by atoms with Crippen LogP contribution in [0.3, 0.4) is 0 Å². The molecule has 0 saturated heterocycles. The molecular weight excluding hydrogens is 242 g/mol. The Bertz CT molecular complexity index is 432. The lowest BCUT2D eigenvalue weighted by atomic mass is 10.1. The van der Waals surface area contributed by atoms with E-state index in [0.717, 1.165) is 12.8 Å². The van der Waals surface area contributed by atoms with Gasteiger partial charge in [-0.2, -0.15) is 0 Å². The van der Waals surface area contributed by atoms with Gasteiger partial charge in [0.25, 0.3) is 5.91 Å². The fraction of sp³-hybridized carbons (Fsp3) is 0.417. The molecule has 1 unspecified atom stereocenters. The van der Waals surface area contributed by atoms with Crippen molar-refractivity contribution in [2.24, 2.45) is 5.92 Å². The molecule has 0 heterocycles. The fourth-order valence-corrected chi connectivity index (χ4v) is 1.95. The van der Waals surface area contributed by atoms with E-state index in [0.29, 0.717) is 12.5 Å². The van der Waals surface area contributed by atoms with E-state index in [-0.39, 0.29) is 16.7 Å². The van der Waals surface area contributed by atoms with Crippen LogP contribution in [0.2, 0.25) is 0 Å². The van der Waals surface area contributed by atoms with Crippen molar-refractivity contribution in [1.82, 2.24) is 5.32 Å². The van der Waals surface area contributed by atoms with E-state index in [4.69, 9.17) is 11.6 Å². The van der Waals surface area contributed by atoms with Gasteiger partial charge in [-0.25, -0.2) is 0 Å². The van der Waals surface area contributed by atoms with Crippen LogP contribution in [0.5, 0.6) is 11.5 Å². The third-order valence-electron chi connectivity index (χ3n) is 2.85. The number of halogens is 1. The SMILES string of the molecule is O=C(NCC(Cl)C1CC1)c1cccc(O)c1O. The Hall–Kier alpha value is -1.42. The zero-order valence-corrected chi connectivity index (χ0v) is 9.94. The molecule has 1 aliphatic carbocycles. The van der Waals surface area contributed by atoms with Crippen LogP contribution in [-0.4, -0.2) is 28.0 Å². The van der Waals surface area contributed by atoms with Crippen LogP contribution in [0.4, 0.5) is 0 Å². The number of aromatic hydroxyl groups is 2. The number of hydrogen-bond acceptors (Lipinski definition) is 3.